The first-order valence-electron chi connectivity index (χ1n) is 10.7. The van der Waals surface area contributed by atoms with Crippen LogP contribution in [0.4, 0.5) is 0 Å². The van der Waals surface area contributed by atoms with Crippen molar-refractivity contribution in [2.75, 3.05) is 20.1 Å². The smallest absolute Gasteiger partial charge is 0.257 e. The molecule has 2 aromatic heterocycles. The van der Waals surface area contributed by atoms with Crippen LogP contribution in [-0.2, 0) is 11.3 Å². The van der Waals surface area contributed by atoms with Crippen molar-refractivity contribution in [3.8, 4) is 11.3 Å². The van der Waals surface area contributed by atoms with Crippen molar-refractivity contribution in [1.29, 1.82) is 0 Å². The van der Waals surface area contributed by atoms with Crippen LogP contribution in [0.1, 0.15) is 18.9 Å². The van der Waals surface area contributed by atoms with Gasteiger partial charge in [-0.3, -0.25) is 14.5 Å². The number of pyridine rings is 1. The largest absolute Gasteiger partial charge is 0.354 e. The first-order valence-corrected chi connectivity index (χ1v) is 10.7. The van der Waals surface area contributed by atoms with Crippen LogP contribution in [-0.4, -0.2) is 51.9 Å². The molecule has 0 aliphatic carbocycles. The molecule has 1 amide bonds. The van der Waals surface area contributed by atoms with Crippen molar-refractivity contribution < 1.29 is 4.79 Å². The summed E-state index contributed by atoms with van der Waals surface area (Å²) < 4.78 is 0. The highest BCUT2D eigenvalue weighted by molar-refractivity contribution is 5.89. The minimum Gasteiger partial charge on any atom is -0.354 e. The Morgan fingerprint density at radius 1 is 1.06 bits per heavy atom. The normalized spacial score (nSPS) is 16.9. The lowest BCUT2D eigenvalue weighted by molar-refractivity contribution is -0.129. The molecule has 6 heteroatoms. The summed E-state index contributed by atoms with van der Waals surface area (Å²) >= 11 is 0. The summed E-state index contributed by atoms with van der Waals surface area (Å²) in [6, 6.07) is 18.5. The Balaban J connectivity index is 1.39. The number of benzene rings is 2. The van der Waals surface area contributed by atoms with Crippen LogP contribution in [0.5, 0.6) is 0 Å². The highest BCUT2D eigenvalue weighted by atomic mass is 16.2. The van der Waals surface area contributed by atoms with Crippen molar-refractivity contribution in [2.24, 2.45) is 0 Å². The molecule has 1 fully saturated rings. The predicted molar refractivity (Wildman–Crippen MR) is 124 cm³/mol. The molecule has 5 rings (SSSR count). The van der Waals surface area contributed by atoms with Crippen molar-refractivity contribution in [1.82, 2.24) is 19.8 Å². The van der Waals surface area contributed by atoms with E-state index in [1.807, 2.05) is 42.3 Å². The maximum Gasteiger partial charge on any atom is 0.257 e. The van der Waals surface area contributed by atoms with E-state index in [9.17, 15) is 9.59 Å². The van der Waals surface area contributed by atoms with Crippen LogP contribution in [0.25, 0.3) is 33.1 Å². The summed E-state index contributed by atoms with van der Waals surface area (Å²) in [6.45, 7) is 4.38. The number of aromatic amines is 2. The topological polar surface area (TPSA) is 72.2 Å². The fourth-order valence-electron chi connectivity index (χ4n) is 4.56. The molecule has 1 aliphatic rings. The lowest BCUT2D eigenvalue weighted by atomic mass is 10.1. The van der Waals surface area contributed by atoms with Gasteiger partial charge in [-0.25, -0.2) is 0 Å². The van der Waals surface area contributed by atoms with Crippen molar-refractivity contribution in [3.05, 3.63) is 70.5 Å². The SMILES string of the molecule is CC(=O)N(C)C1CCN(Cc2ccc3[nH]c(-c4cc5ccccc5[nH]c4=O)cc3c2)C1. The third-order valence-corrected chi connectivity index (χ3v) is 6.43. The van der Waals surface area contributed by atoms with Gasteiger partial charge in [0.15, 0.2) is 0 Å². The van der Waals surface area contributed by atoms with E-state index < -0.39 is 0 Å². The average molecular weight is 415 g/mol. The number of hydrogen-bond donors (Lipinski definition) is 2. The van der Waals surface area contributed by atoms with Crippen LogP contribution in [0.3, 0.4) is 0 Å². The monoisotopic (exact) mass is 414 g/mol. The van der Waals surface area contributed by atoms with E-state index in [-0.39, 0.29) is 11.5 Å². The Bertz CT molecular complexity index is 1340. The molecular formula is C25H26N4O2. The van der Waals surface area contributed by atoms with Crippen LogP contribution in [0.15, 0.2) is 59.4 Å². The van der Waals surface area contributed by atoms with Gasteiger partial charge in [-0.05, 0) is 47.7 Å². The Morgan fingerprint density at radius 3 is 2.71 bits per heavy atom. The number of H-pyrrole nitrogens is 2. The number of nitrogens with zero attached hydrogens (tertiary/aromatic N) is 2. The van der Waals surface area contributed by atoms with Gasteiger partial charge in [-0.2, -0.15) is 0 Å². The molecule has 6 nitrogen and oxygen atoms in total. The number of para-hydroxylation sites is 1. The van der Waals surface area contributed by atoms with Gasteiger partial charge in [0.25, 0.3) is 5.56 Å². The first-order chi connectivity index (χ1) is 15.0. The van der Waals surface area contributed by atoms with E-state index in [0.29, 0.717) is 11.6 Å². The number of carbonyl (C=O) groups is 1. The predicted octanol–water partition coefficient (Wildman–Crippen LogP) is 3.73. The van der Waals surface area contributed by atoms with Gasteiger partial charge in [0.1, 0.15) is 0 Å². The van der Waals surface area contributed by atoms with E-state index in [0.717, 1.165) is 53.6 Å². The van der Waals surface area contributed by atoms with Crippen molar-refractivity contribution >= 4 is 27.7 Å². The maximum atomic E-state index is 12.6. The second kappa shape index (κ2) is 7.71. The Morgan fingerprint density at radius 2 is 1.87 bits per heavy atom. The molecule has 1 aliphatic heterocycles. The summed E-state index contributed by atoms with van der Waals surface area (Å²) in [7, 11) is 1.89. The molecule has 0 radical (unpaired) electrons. The highest BCUT2D eigenvalue weighted by Crippen LogP contribution is 2.26. The summed E-state index contributed by atoms with van der Waals surface area (Å²) in [5, 5.41) is 2.10. The molecule has 1 unspecified atom stereocenters. The Kier molecular flexibility index (Phi) is 4.87. The number of hydrogen-bond acceptors (Lipinski definition) is 3. The van der Waals surface area contributed by atoms with E-state index in [1.54, 1.807) is 6.92 Å². The third kappa shape index (κ3) is 3.75. The van der Waals surface area contributed by atoms with Gasteiger partial charge < -0.3 is 14.9 Å². The zero-order valence-electron chi connectivity index (χ0n) is 17.8. The summed E-state index contributed by atoms with van der Waals surface area (Å²) in [6.07, 6.45) is 1.01. The van der Waals surface area contributed by atoms with Crippen molar-refractivity contribution in [2.45, 2.75) is 25.9 Å². The van der Waals surface area contributed by atoms with Gasteiger partial charge in [-0.1, -0.05) is 24.3 Å². The molecule has 1 atom stereocenters. The number of amides is 1. The molecule has 0 saturated carbocycles. The summed E-state index contributed by atoms with van der Waals surface area (Å²) in [5.41, 5.74) is 4.46. The third-order valence-electron chi connectivity index (χ3n) is 6.43. The van der Waals surface area contributed by atoms with Crippen LogP contribution < -0.4 is 5.56 Å². The van der Waals surface area contributed by atoms with Crippen LogP contribution >= 0.6 is 0 Å². The maximum absolute atomic E-state index is 12.6. The van der Waals surface area contributed by atoms with Gasteiger partial charge >= 0.3 is 0 Å². The lowest BCUT2D eigenvalue weighted by Gasteiger charge is -2.23. The highest BCUT2D eigenvalue weighted by Gasteiger charge is 2.26. The number of fused-ring (bicyclic) bond motifs is 2. The van der Waals surface area contributed by atoms with Crippen LogP contribution in [0, 0.1) is 0 Å². The second-order valence-corrected chi connectivity index (χ2v) is 8.51. The molecule has 4 aromatic rings. The Labute approximate surface area is 180 Å². The molecule has 158 valence electrons. The minimum absolute atomic E-state index is 0.0943. The minimum atomic E-state index is -0.0943. The van der Waals surface area contributed by atoms with Gasteiger partial charge in [0, 0.05) is 56.1 Å². The zero-order chi connectivity index (χ0) is 21.5. The van der Waals surface area contributed by atoms with Crippen LogP contribution in [0.2, 0.25) is 0 Å². The molecule has 0 spiro atoms. The molecule has 31 heavy (non-hydrogen) atoms. The average Bonchev–Trinajstić information content (AvgIpc) is 3.39. The summed E-state index contributed by atoms with van der Waals surface area (Å²) in [5.74, 6) is 0.122. The Hall–Kier alpha value is -3.38. The molecule has 2 aromatic carbocycles. The standard InChI is InChI=1S/C25H26N4O2/c1-16(30)28(2)20-9-10-29(15-20)14-17-7-8-23-19(11-17)13-24(26-23)21-12-18-5-3-4-6-22(18)27-25(21)31/h3-8,11-13,20,26H,9-10,14-15H2,1-2H3,(H,27,31). The molecule has 0 bridgehead atoms. The molecule has 3 heterocycles. The summed E-state index contributed by atoms with van der Waals surface area (Å²) in [4.78, 5) is 34.9. The number of likely N-dealkylation sites (N-methyl/N-ethyl adjacent to an activating group) is 1. The van der Waals surface area contributed by atoms with E-state index in [2.05, 4.69) is 39.1 Å². The number of rotatable bonds is 4. The number of nitrogens with one attached hydrogen (secondary N) is 2. The fraction of sp³-hybridized carbons (Fsp3) is 0.280. The second-order valence-electron chi connectivity index (χ2n) is 8.51. The van der Waals surface area contributed by atoms with Gasteiger partial charge in [0.05, 0.1) is 11.3 Å². The zero-order valence-corrected chi connectivity index (χ0v) is 17.8. The number of carbonyl (C=O) groups excluding carboxylic acids is 1. The lowest BCUT2D eigenvalue weighted by Crippen LogP contribution is -2.37. The first kappa shape index (κ1) is 19.6. The molecule has 1 saturated heterocycles. The van der Waals surface area contributed by atoms with Crippen molar-refractivity contribution in [3.63, 3.8) is 0 Å². The molecule has 2 N–H and O–H groups in total. The van der Waals surface area contributed by atoms with Gasteiger partial charge in [0.2, 0.25) is 5.91 Å². The quantitative estimate of drug-likeness (QED) is 0.535. The molecular weight excluding hydrogens is 388 g/mol. The van der Waals surface area contributed by atoms with Gasteiger partial charge in [-0.15, -0.1) is 0 Å². The van der Waals surface area contributed by atoms with E-state index in [1.165, 1.54) is 5.56 Å². The number of aromatic nitrogens is 2. The fourth-order valence-corrected chi connectivity index (χ4v) is 4.56. The number of likely N-dealkylation sites (tertiary alicyclic amines) is 1. The van der Waals surface area contributed by atoms with E-state index in [4.69, 9.17) is 0 Å². The van der Waals surface area contributed by atoms with E-state index >= 15 is 0 Å².